The summed E-state index contributed by atoms with van der Waals surface area (Å²) in [6, 6.07) is 28.5. The van der Waals surface area contributed by atoms with Gasteiger partial charge in [-0.15, -0.1) is 11.3 Å². The van der Waals surface area contributed by atoms with Crippen molar-refractivity contribution in [1.82, 2.24) is 5.32 Å². The van der Waals surface area contributed by atoms with Crippen molar-refractivity contribution in [2.45, 2.75) is 38.7 Å². The van der Waals surface area contributed by atoms with Crippen LogP contribution < -0.4 is 20.5 Å². The highest BCUT2D eigenvalue weighted by molar-refractivity contribution is 7.19. The van der Waals surface area contributed by atoms with Gasteiger partial charge in [0, 0.05) is 22.4 Å². The molecule has 1 aliphatic carbocycles. The second kappa shape index (κ2) is 13.1. The summed E-state index contributed by atoms with van der Waals surface area (Å²) >= 11 is 1.86. The SMILES string of the molecule is Nc1cc(C(=O)CNC(=O)c2ccccc2CCOc2cccc3c4c(sc23)CCCC4)ccc1OCc1ccccc1. The fourth-order valence-electron chi connectivity index (χ4n) is 5.55. The zero-order valence-electron chi connectivity index (χ0n) is 23.9. The number of carbonyl (C=O) groups is 2. The van der Waals surface area contributed by atoms with Crippen LogP contribution in [0, 0.1) is 0 Å². The van der Waals surface area contributed by atoms with Crippen LogP contribution >= 0.6 is 11.3 Å². The molecule has 0 saturated carbocycles. The van der Waals surface area contributed by atoms with Crippen LogP contribution in [0.25, 0.3) is 10.1 Å². The maximum atomic E-state index is 13.1. The van der Waals surface area contributed by atoms with E-state index < -0.39 is 0 Å². The standard InChI is InChI=1S/C36H34N2O4S/c37-30-21-26(17-18-32(30)42-23-24-9-2-1-3-10-24)31(39)22-38-36(40)27-12-5-4-11-25(27)19-20-41-33-15-8-14-29-28-13-6-7-16-34(28)43-35(29)33/h1-5,8-12,14-15,17-18,21H,6-7,13,16,19-20,22-23,37H2,(H,38,40). The molecule has 1 aliphatic rings. The molecule has 0 spiro atoms. The van der Waals surface area contributed by atoms with E-state index in [-0.39, 0.29) is 18.2 Å². The Labute approximate surface area is 255 Å². The molecule has 1 aromatic heterocycles. The van der Waals surface area contributed by atoms with Gasteiger partial charge in [0.1, 0.15) is 18.1 Å². The van der Waals surface area contributed by atoms with Crippen molar-refractivity contribution < 1.29 is 19.1 Å². The van der Waals surface area contributed by atoms with Crippen LogP contribution in [-0.2, 0) is 25.9 Å². The average Bonchev–Trinajstić information content (AvgIpc) is 3.43. The van der Waals surface area contributed by atoms with E-state index in [1.807, 2.05) is 65.9 Å². The van der Waals surface area contributed by atoms with E-state index in [1.165, 1.54) is 33.4 Å². The lowest BCUT2D eigenvalue weighted by Gasteiger charge is -2.12. The van der Waals surface area contributed by atoms with Crippen LogP contribution in [0.5, 0.6) is 11.5 Å². The summed E-state index contributed by atoms with van der Waals surface area (Å²) in [5.41, 5.74) is 10.9. The summed E-state index contributed by atoms with van der Waals surface area (Å²) in [5, 5.41) is 4.10. The first-order valence-electron chi connectivity index (χ1n) is 14.7. The van der Waals surface area contributed by atoms with Gasteiger partial charge in [0.05, 0.1) is 23.5 Å². The molecule has 0 aliphatic heterocycles. The molecule has 0 radical (unpaired) electrons. The lowest BCUT2D eigenvalue weighted by molar-refractivity contribution is 0.0903. The monoisotopic (exact) mass is 590 g/mol. The highest BCUT2D eigenvalue weighted by Gasteiger charge is 2.19. The summed E-state index contributed by atoms with van der Waals surface area (Å²) in [7, 11) is 0. The Morgan fingerprint density at radius 2 is 1.65 bits per heavy atom. The summed E-state index contributed by atoms with van der Waals surface area (Å²) in [5.74, 6) is 0.880. The molecule has 0 saturated heterocycles. The molecule has 7 heteroatoms. The fraction of sp³-hybridized carbons (Fsp3) is 0.222. The number of nitrogens with two attached hydrogens (primary N) is 1. The van der Waals surface area contributed by atoms with E-state index >= 15 is 0 Å². The summed E-state index contributed by atoms with van der Waals surface area (Å²) in [4.78, 5) is 27.5. The number of benzene rings is 4. The van der Waals surface area contributed by atoms with Gasteiger partial charge in [-0.25, -0.2) is 0 Å². The van der Waals surface area contributed by atoms with Gasteiger partial charge in [0.2, 0.25) is 0 Å². The molecule has 6 rings (SSSR count). The van der Waals surface area contributed by atoms with E-state index in [4.69, 9.17) is 15.2 Å². The number of ketones is 1. The van der Waals surface area contributed by atoms with E-state index in [0.717, 1.165) is 29.7 Å². The number of rotatable bonds is 11. The first-order valence-corrected chi connectivity index (χ1v) is 15.5. The van der Waals surface area contributed by atoms with Crippen LogP contribution in [0.3, 0.4) is 0 Å². The van der Waals surface area contributed by atoms with E-state index in [2.05, 4.69) is 17.4 Å². The first-order chi connectivity index (χ1) is 21.1. The molecule has 0 fully saturated rings. The number of nitrogen functional groups attached to an aromatic ring is 1. The van der Waals surface area contributed by atoms with Gasteiger partial charge in [-0.05, 0) is 78.1 Å². The van der Waals surface area contributed by atoms with Gasteiger partial charge < -0.3 is 20.5 Å². The normalized spacial score (nSPS) is 12.5. The minimum Gasteiger partial charge on any atom is -0.492 e. The summed E-state index contributed by atoms with van der Waals surface area (Å²) in [6.45, 7) is 0.686. The predicted molar refractivity (Wildman–Crippen MR) is 172 cm³/mol. The van der Waals surface area contributed by atoms with Crippen molar-refractivity contribution in [1.29, 1.82) is 0 Å². The van der Waals surface area contributed by atoms with Gasteiger partial charge in [0.15, 0.2) is 5.78 Å². The van der Waals surface area contributed by atoms with Crippen molar-refractivity contribution in [3.63, 3.8) is 0 Å². The Hall–Kier alpha value is -4.62. The van der Waals surface area contributed by atoms with Gasteiger partial charge in [-0.2, -0.15) is 0 Å². The zero-order chi connectivity index (χ0) is 29.6. The Morgan fingerprint density at radius 3 is 2.51 bits per heavy atom. The number of ether oxygens (including phenoxy) is 2. The lowest BCUT2D eigenvalue weighted by atomic mass is 9.96. The molecule has 0 unspecified atom stereocenters. The molecule has 5 aromatic rings. The minimum absolute atomic E-state index is 0.141. The van der Waals surface area contributed by atoms with Gasteiger partial charge in [0.25, 0.3) is 5.91 Å². The van der Waals surface area contributed by atoms with Gasteiger partial charge >= 0.3 is 0 Å². The smallest absolute Gasteiger partial charge is 0.251 e. The average molecular weight is 591 g/mol. The Morgan fingerprint density at radius 1 is 0.837 bits per heavy atom. The Balaban J connectivity index is 1.04. The number of hydrogen-bond acceptors (Lipinski definition) is 6. The maximum absolute atomic E-state index is 13.1. The molecule has 3 N–H and O–H groups in total. The van der Waals surface area contributed by atoms with Crippen LogP contribution in [0.2, 0.25) is 0 Å². The highest BCUT2D eigenvalue weighted by Crippen LogP contribution is 2.40. The molecule has 43 heavy (non-hydrogen) atoms. The van der Waals surface area contributed by atoms with Crippen molar-refractivity contribution in [2.24, 2.45) is 0 Å². The largest absolute Gasteiger partial charge is 0.492 e. The minimum atomic E-state index is -0.298. The molecule has 0 atom stereocenters. The zero-order valence-corrected chi connectivity index (χ0v) is 24.8. The van der Waals surface area contributed by atoms with E-state index in [9.17, 15) is 9.59 Å². The van der Waals surface area contributed by atoms with Crippen LogP contribution in [-0.4, -0.2) is 24.8 Å². The van der Waals surface area contributed by atoms with Crippen molar-refractivity contribution in [3.8, 4) is 11.5 Å². The van der Waals surface area contributed by atoms with Gasteiger partial charge in [-0.3, -0.25) is 9.59 Å². The molecular formula is C36H34N2O4S. The number of amides is 1. The molecular weight excluding hydrogens is 556 g/mol. The number of anilines is 1. The third-order valence-corrected chi connectivity index (χ3v) is 9.14. The highest BCUT2D eigenvalue weighted by atomic mass is 32.1. The third kappa shape index (κ3) is 6.57. The van der Waals surface area contributed by atoms with Crippen LogP contribution in [0.1, 0.15) is 55.1 Å². The lowest BCUT2D eigenvalue weighted by Crippen LogP contribution is -2.30. The number of Topliss-reactive ketones (excluding diaryl/α,β-unsaturated/α-hetero) is 1. The number of thiophene rings is 1. The Bertz CT molecular complexity index is 1760. The number of aryl methyl sites for hydroxylation is 2. The molecule has 0 bridgehead atoms. The predicted octanol–water partition coefficient (Wildman–Crippen LogP) is 7.18. The topological polar surface area (TPSA) is 90.7 Å². The number of carbonyl (C=O) groups excluding carboxylic acids is 2. The number of hydrogen-bond donors (Lipinski definition) is 2. The van der Waals surface area contributed by atoms with Gasteiger partial charge in [-0.1, -0.05) is 60.7 Å². The number of nitrogens with one attached hydrogen (secondary N) is 1. The van der Waals surface area contributed by atoms with E-state index in [0.29, 0.717) is 42.2 Å². The van der Waals surface area contributed by atoms with Crippen LogP contribution in [0.15, 0.2) is 91.0 Å². The van der Waals surface area contributed by atoms with Crippen molar-refractivity contribution in [2.75, 3.05) is 18.9 Å². The maximum Gasteiger partial charge on any atom is 0.251 e. The molecule has 1 heterocycles. The number of fused-ring (bicyclic) bond motifs is 3. The molecule has 1 amide bonds. The third-order valence-electron chi connectivity index (χ3n) is 7.82. The second-order valence-corrected chi connectivity index (χ2v) is 11.8. The second-order valence-electron chi connectivity index (χ2n) is 10.7. The summed E-state index contributed by atoms with van der Waals surface area (Å²) in [6.07, 6.45) is 5.37. The molecule has 6 nitrogen and oxygen atoms in total. The quantitative estimate of drug-likeness (QED) is 0.126. The van der Waals surface area contributed by atoms with E-state index in [1.54, 1.807) is 24.3 Å². The van der Waals surface area contributed by atoms with Crippen molar-refractivity contribution >= 4 is 38.8 Å². The fourth-order valence-corrected chi connectivity index (χ4v) is 6.90. The summed E-state index contributed by atoms with van der Waals surface area (Å²) < 4.78 is 13.3. The molecule has 218 valence electrons. The van der Waals surface area contributed by atoms with Crippen LogP contribution in [0.4, 0.5) is 5.69 Å². The molecule has 4 aromatic carbocycles. The Kier molecular flexibility index (Phi) is 8.70. The first kappa shape index (κ1) is 28.5. The van der Waals surface area contributed by atoms with Crippen molar-refractivity contribution in [3.05, 3.63) is 124 Å².